The summed E-state index contributed by atoms with van der Waals surface area (Å²) in [6.45, 7) is 6.02. The molecule has 4 nitrogen and oxygen atoms in total. The van der Waals surface area contributed by atoms with Crippen LogP contribution in [0.25, 0.3) is 0 Å². The maximum absolute atomic E-state index is 12.3. The number of fused-ring (bicyclic) bond motifs is 1. The summed E-state index contributed by atoms with van der Waals surface area (Å²) >= 11 is 5.92. The van der Waals surface area contributed by atoms with Gasteiger partial charge < -0.3 is 14.8 Å². The highest BCUT2D eigenvalue weighted by Crippen LogP contribution is 2.39. The predicted molar refractivity (Wildman–Crippen MR) is 98.3 cm³/mol. The van der Waals surface area contributed by atoms with Gasteiger partial charge in [0.15, 0.2) is 6.61 Å². The molecule has 0 unspecified atom stereocenters. The molecule has 0 aromatic heterocycles. The summed E-state index contributed by atoms with van der Waals surface area (Å²) in [4.78, 5) is 12.3. The van der Waals surface area contributed by atoms with E-state index in [1.54, 1.807) is 24.3 Å². The topological polar surface area (TPSA) is 47.6 Å². The number of halogens is 1. The first-order chi connectivity index (χ1) is 11.8. The third kappa shape index (κ3) is 4.45. The molecule has 5 heteroatoms. The Morgan fingerprint density at radius 1 is 1.32 bits per heavy atom. The second-order valence-corrected chi connectivity index (χ2v) is 7.41. The quantitative estimate of drug-likeness (QED) is 0.877. The molecule has 0 saturated carbocycles. The zero-order chi connectivity index (χ0) is 18.0. The lowest BCUT2D eigenvalue weighted by atomic mass is 9.89. The van der Waals surface area contributed by atoms with Crippen molar-refractivity contribution in [1.29, 1.82) is 0 Å². The Kier molecular flexibility index (Phi) is 4.91. The van der Waals surface area contributed by atoms with Crippen molar-refractivity contribution in [3.63, 3.8) is 0 Å². The minimum absolute atomic E-state index is 0.0562. The second-order valence-electron chi connectivity index (χ2n) is 6.97. The SMILES string of the molecule is Cc1ccc2c(c1)OC(C)(C)C[C@@H]2NC(=O)COc1cccc(Cl)c1. The standard InChI is InChI=1S/C20H22ClNO3/c1-13-7-8-16-17(11-20(2,3)25-18(16)9-13)22-19(23)12-24-15-6-4-5-14(21)10-15/h4-10,17H,11-12H2,1-3H3,(H,22,23)/t17-/m0/s1. The Hall–Kier alpha value is -2.20. The monoisotopic (exact) mass is 359 g/mol. The molecule has 1 aliphatic rings. The van der Waals surface area contributed by atoms with Crippen molar-refractivity contribution < 1.29 is 14.3 Å². The fourth-order valence-corrected chi connectivity index (χ4v) is 3.21. The van der Waals surface area contributed by atoms with Crippen LogP contribution >= 0.6 is 11.6 Å². The molecule has 0 spiro atoms. The first kappa shape index (κ1) is 17.6. The molecule has 1 aliphatic heterocycles. The van der Waals surface area contributed by atoms with E-state index in [2.05, 4.69) is 5.32 Å². The zero-order valence-electron chi connectivity index (χ0n) is 14.6. The summed E-state index contributed by atoms with van der Waals surface area (Å²) in [7, 11) is 0. The number of hydrogen-bond acceptors (Lipinski definition) is 3. The fourth-order valence-electron chi connectivity index (χ4n) is 3.03. The molecule has 1 heterocycles. The molecule has 0 bridgehead atoms. The molecule has 0 fully saturated rings. The number of carbonyl (C=O) groups is 1. The molecule has 0 radical (unpaired) electrons. The minimum Gasteiger partial charge on any atom is -0.487 e. The number of hydrogen-bond donors (Lipinski definition) is 1. The van der Waals surface area contributed by atoms with Gasteiger partial charge >= 0.3 is 0 Å². The molecule has 2 aromatic rings. The van der Waals surface area contributed by atoms with Gasteiger partial charge in [-0.2, -0.15) is 0 Å². The first-order valence-electron chi connectivity index (χ1n) is 8.30. The lowest BCUT2D eigenvalue weighted by Crippen LogP contribution is -2.42. The maximum Gasteiger partial charge on any atom is 0.258 e. The van der Waals surface area contributed by atoms with Crippen LogP contribution in [0.15, 0.2) is 42.5 Å². The highest BCUT2D eigenvalue weighted by atomic mass is 35.5. The molecule has 3 rings (SSSR count). The van der Waals surface area contributed by atoms with E-state index in [1.807, 2.05) is 39.0 Å². The number of amides is 1. The molecular formula is C20H22ClNO3. The van der Waals surface area contributed by atoms with Crippen LogP contribution in [-0.4, -0.2) is 18.1 Å². The predicted octanol–water partition coefficient (Wildman–Crippen LogP) is 4.45. The van der Waals surface area contributed by atoms with Gasteiger partial charge in [0.1, 0.15) is 17.1 Å². The Bertz CT molecular complexity index is 788. The van der Waals surface area contributed by atoms with Crippen LogP contribution in [0.5, 0.6) is 11.5 Å². The summed E-state index contributed by atoms with van der Waals surface area (Å²) in [5.41, 5.74) is 1.79. The van der Waals surface area contributed by atoms with Gasteiger partial charge in [-0.15, -0.1) is 0 Å². The molecule has 0 saturated heterocycles. The van der Waals surface area contributed by atoms with Gasteiger partial charge in [-0.25, -0.2) is 0 Å². The average Bonchev–Trinajstić information content (AvgIpc) is 2.51. The zero-order valence-corrected chi connectivity index (χ0v) is 15.4. The van der Waals surface area contributed by atoms with Crippen molar-refractivity contribution in [3.05, 3.63) is 58.6 Å². The number of rotatable bonds is 4. The van der Waals surface area contributed by atoms with Crippen LogP contribution < -0.4 is 14.8 Å². The first-order valence-corrected chi connectivity index (χ1v) is 8.67. The molecule has 25 heavy (non-hydrogen) atoms. The van der Waals surface area contributed by atoms with Crippen LogP contribution in [0, 0.1) is 6.92 Å². The third-order valence-corrected chi connectivity index (χ3v) is 4.36. The summed E-state index contributed by atoms with van der Waals surface area (Å²) in [6.07, 6.45) is 0.700. The van der Waals surface area contributed by atoms with Crippen molar-refractivity contribution in [2.45, 2.75) is 38.8 Å². The van der Waals surface area contributed by atoms with Crippen LogP contribution in [0.3, 0.4) is 0 Å². The third-order valence-electron chi connectivity index (χ3n) is 4.13. The number of ether oxygens (including phenoxy) is 2. The van der Waals surface area contributed by atoms with Gasteiger partial charge in [-0.1, -0.05) is 29.8 Å². The van der Waals surface area contributed by atoms with Crippen LogP contribution in [0.4, 0.5) is 0 Å². The summed E-state index contributed by atoms with van der Waals surface area (Å²) in [6, 6.07) is 13.0. The average molecular weight is 360 g/mol. The molecule has 0 aliphatic carbocycles. The molecule has 1 amide bonds. The van der Waals surface area contributed by atoms with Gasteiger partial charge in [-0.05, 0) is 50.6 Å². The number of aryl methyl sites for hydroxylation is 1. The fraction of sp³-hybridized carbons (Fsp3) is 0.350. The van der Waals surface area contributed by atoms with Gasteiger partial charge in [0.25, 0.3) is 5.91 Å². The number of nitrogens with one attached hydrogen (secondary N) is 1. The maximum atomic E-state index is 12.3. The van der Waals surface area contributed by atoms with Crippen molar-refractivity contribution in [2.75, 3.05) is 6.61 Å². The Morgan fingerprint density at radius 2 is 2.12 bits per heavy atom. The largest absolute Gasteiger partial charge is 0.487 e. The lowest BCUT2D eigenvalue weighted by molar-refractivity contribution is -0.124. The van der Waals surface area contributed by atoms with Crippen molar-refractivity contribution >= 4 is 17.5 Å². The molecule has 1 atom stereocenters. The Labute approximate surface area is 153 Å². The van der Waals surface area contributed by atoms with Gasteiger partial charge in [0.2, 0.25) is 0 Å². The lowest BCUT2D eigenvalue weighted by Gasteiger charge is -2.38. The molecule has 2 aromatic carbocycles. The van der Waals surface area contributed by atoms with Gasteiger partial charge in [0, 0.05) is 17.0 Å². The van der Waals surface area contributed by atoms with Crippen LogP contribution in [-0.2, 0) is 4.79 Å². The van der Waals surface area contributed by atoms with E-state index in [4.69, 9.17) is 21.1 Å². The number of benzene rings is 2. The van der Waals surface area contributed by atoms with Crippen molar-refractivity contribution in [2.24, 2.45) is 0 Å². The van der Waals surface area contributed by atoms with E-state index in [0.717, 1.165) is 16.9 Å². The minimum atomic E-state index is -0.341. The summed E-state index contributed by atoms with van der Waals surface area (Å²) < 4.78 is 11.6. The van der Waals surface area contributed by atoms with E-state index >= 15 is 0 Å². The molecular weight excluding hydrogens is 338 g/mol. The summed E-state index contributed by atoms with van der Waals surface area (Å²) in [5, 5.41) is 3.64. The van der Waals surface area contributed by atoms with Crippen molar-refractivity contribution in [3.8, 4) is 11.5 Å². The number of carbonyl (C=O) groups excluding carboxylic acids is 1. The van der Waals surface area contributed by atoms with E-state index in [9.17, 15) is 4.79 Å². The molecule has 132 valence electrons. The van der Waals surface area contributed by atoms with E-state index in [-0.39, 0.29) is 24.2 Å². The molecule has 1 N–H and O–H groups in total. The smallest absolute Gasteiger partial charge is 0.258 e. The van der Waals surface area contributed by atoms with Crippen LogP contribution in [0.1, 0.15) is 37.4 Å². The summed E-state index contributed by atoms with van der Waals surface area (Å²) in [5.74, 6) is 1.23. The Balaban J connectivity index is 1.68. The second kappa shape index (κ2) is 6.96. The van der Waals surface area contributed by atoms with Gasteiger partial charge in [0.05, 0.1) is 6.04 Å². The van der Waals surface area contributed by atoms with E-state index in [1.165, 1.54) is 0 Å². The van der Waals surface area contributed by atoms with E-state index < -0.39 is 0 Å². The van der Waals surface area contributed by atoms with Gasteiger partial charge in [-0.3, -0.25) is 4.79 Å². The van der Waals surface area contributed by atoms with Crippen LogP contribution in [0.2, 0.25) is 5.02 Å². The normalized spacial score (nSPS) is 18.0. The van der Waals surface area contributed by atoms with E-state index in [0.29, 0.717) is 17.2 Å². The Morgan fingerprint density at radius 3 is 2.88 bits per heavy atom. The highest BCUT2D eigenvalue weighted by Gasteiger charge is 2.34. The van der Waals surface area contributed by atoms with Crippen molar-refractivity contribution in [1.82, 2.24) is 5.32 Å². The highest BCUT2D eigenvalue weighted by molar-refractivity contribution is 6.30.